The summed E-state index contributed by atoms with van der Waals surface area (Å²) in [6, 6.07) is 7.03. The molecule has 1 fully saturated rings. The molecular formula is C21H26O3S. The van der Waals surface area contributed by atoms with Crippen LogP contribution in [0.4, 0.5) is 0 Å². The minimum absolute atomic E-state index is 0.0534. The van der Waals surface area contributed by atoms with Gasteiger partial charge in [0.2, 0.25) is 0 Å². The summed E-state index contributed by atoms with van der Waals surface area (Å²) in [7, 11) is 0. The molecule has 0 bridgehead atoms. The maximum atomic E-state index is 12.7. The highest BCUT2D eigenvalue weighted by Crippen LogP contribution is 2.36. The van der Waals surface area contributed by atoms with Gasteiger partial charge in [-0.15, -0.1) is 11.8 Å². The minimum Gasteiger partial charge on any atom is -0.390 e. The number of aliphatic hydroxyl groups is 1. The van der Waals surface area contributed by atoms with Crippen molar-refractivity contribution in [1.82, 2.24) is 0 Å². The Bertz CT molecular complexity index is 697. The molecule has 0 aromatic heterocycles. The molecule has 0 unspecified atom stereocenters. The second kappa shape index (κ2) is 7.88. The van der Waals surface area contributed by atoms with Crippen LogP contribution in [0.3, 0.4) is 0 Å². The Hall–Kier alpha value is -1.39. The standard InChI is InChI=1S/C21H26O3S/c1-15-18(22)16-9-5-6-10-17(16)19(23)20(15)25-14-13-21(24)11-7-3-2-4-8-12-21/h5-6,9-10,24H,2-4,7-8,11-14H2,1H3. The third kappa shape index (κ3) is 4.06. The molecule has 3 nitrogen and oxygen atoms in total. The quantitative estimate of drug-likeness (QED) is 0.828. The van der Waals surface area contributed by atoms with Gasteiger partial charge in [-0.3, -0.25) is 9.59 Å². The average molecular weight is 359 g/mol. The fourth-order valence-corrected chi connectivity index (χ4v) is 5.04. The lowest BCUT2D eigenvalue weighted by atomic mass is 9.85. The van der Waals surface area contributed by atoms with Crippen LogP contribution in [-0.2, 0) is 0 Å². The molecule has 0 atom stereocenters. The van der Waals surface area contributed by atoms with Gasteiger partial charge in [0.25, 0.3) is 0 Å². The van der Waals surface area contributed by atoms with E-state index in [9.17, 15) is 14.7 Å². The third-order valence-corrected chi connectivity index (χ3v) is 6.59. The van der Waals surface area contributed by atoms with Crippen molar-refractivity contribution < 1.29 is 14.7 Å². The van der Waals surface area contributed by atoms with Crippen LogP contribution in [0.25, 0.3) is 0 Å². The molecule has 1 aromatic rings. The van der Waals surface area contributed by atoms with Gasteiger partial charge in [-0.05, 0) is 26.2 Å². The molecule has 0 saturated heterocycles. The summed E-state index contributed by atoms with van der Waals surface area (Å²) < 4.78 is 0. The zero-order valence-electron chi connectivity index (χ0n) is 14.8. The summed E-state index contributed by atoms with van der Waals surface area (Å²) in [5.41, 5.74) is 0.943. The number of fused-ring (bicyclic) bond motifs is 1. The van der Waals surface area contributed by atoms with E-state index in [1.807, 2.05) is 0 Å². The molecule has 0 spiro atoms. The zero-order chi connectivity index (χ0) is 17.9. The number of hydrogen-bond acceptors (Lipinski definition) is 4. The fraction of sp³-hybridized carbons (Fsp3) is 0.524. The highest BCUT2D eigenvalue weighted by atomic mass is 32.2. The predicted octanol–water partition coefficient (Wildman–Crippen LogP) is 4.94. The summed E-state index contributed by atoms with van der Waals surface area (Å²) in [5, 5.41) is 10.9. The maximum absolute atomic E-state index is 12.7. The van der Waals surface area contributed by atoms with Gasteiger partial charge in [0.1, 0.15) is 0 Å². The molecule has 0 aliphatic heterocycles. The molecule has 2 aliphatic rings. The predicted molar refractivity (Wildman–Crippen MR) is 102 cm³/mol. The molecule has 25 heavy (non-hydrogen) atoms. The summed E-state index contributed by atoms with van der Waals surface area (Å²) >= 11 is 1.43. The van der Waals surface area contributed by atoms with Gasteiger partial charge < -0.3 is 5.11 Å². The first-order valence-corrected chi connectivity index (χ1v) is 10.2. The van der Waals surface area contributed by atoms with E-state index in [2.05, 4.69) is 0 Å². The van der Waals surface area contributed by atoms with Crippen LogP contribution in [-0.4, -0.2) is 28.0 Å². The first-order valence-electron chi connectivity index (χ1n) is 9.26. The monoisotopic (exact) mass is 358 g/mol. The van der Waals surface area contributed by atoms with Crippen molar-refractivity contribution in [3.05, 3.63) is 45.9 Å². The Labute approximate surface area is 153 Å². The van der Waals surface area contributed by atoms with Gasteiger partial charge in [-0.2, -0.15) is 0 Å². The van der Waals surface area contributed by atoms with E-state index in [0.717, 1.165) is 25.7 Å². The van der Waals surface area contributed by atoms with Crippen LogP contribution in [0.1, 0.15) is 79.0 Å². The molecule has 0 heterocycles. The topological polar surface area (TPSA) is 54.4 Å². The summed E-state index contributed by atoms with van der Waals surface area (Å²) in [5.74, 6) is 0.564. The van der Waals surface area contributed by atoms with Crippen molar-refractivity contribution >= 4 is 23.3 Å². The van der Waals surface area contributed by atoms with Crippen molar-refractivity contribution in [2.75, 3.05) is 5.75 Å². The molecule has 134 valence electrons. The van der Waals surface area contributed by atoms with Crippen molar-refractivity contribution in [3.63, 3.8) is 0 Å². The zero-order valence-corrected chi connectivity index (χ0v) is 15.7. The first-order chi connectivity index (χ1) is 12.0. The van der Waals surface area contributed by atoms with Crippen LogP contribution >= 0.6 is 11.8 Å². The summed E-state index contributed by atoms with van der Waals surface area (Å²) in [6.45, 7) is 1.74. The Balaban J connectivity index is 1.67. The molecule has 0 amide bonds. The number of Topliss-reactive ketones (excluding diaryl/α,β-unsaturated/α-hetero) is 2. The maximum Gasteiger partial charge on any atom is 0.200 e. The van der Waals surface area contributed by atoms with Crippen LogP contribution in [0.5, 0.6) is 0 Å². The normalized spacial score (nSPS) is 20.9. The Morgan fingerprint density at radius 2 is 1.52 bits per heavy atom. The highest BCUT2D eigenvalue weighted by Gasteiger charge is 2.31. The molecule has 1 saturated carbocycles. The number of ketones is 2. The van der Waals surface area contributed by atoms with E-state index in [0.29, 0.717) is 33.8 Å². The van der Waals surface area contributed by atoms with E-state index in [1.165, 1.54) is 31.0 Å². The summed E-state index contributed by atoms with van der Waals surface area (Å²) in [6.07, 6.45) is 8.20. The number of rotatable bonds is 4. The van der Waals surface area contributed by atoms with Gasteiger partial charge >= 0.3 is 0 Å². The number of allylic oxidation sites excluding steroid dienone is 2. The number of carbonyl (C=O) groups excluding carboxylic acids is 2. The highest BCUT2D eigenvalue weighted by molar-refractivity contribution is 8.04. The molecule has 0 radical (unpaired) electrons. The van der Waals surface area contributed by atoms with Crippen LogP contribution in [0, 0.1) is 0 Å². The van der Waals surface area contributed by atoms with Crippen molar-refractivity contribution in [2.24, 2.45) is 0 Å². The molecule has 3 rings (SSSR count). The molecular weight excluding hydrogens is 332 g/mol. The molecule has 4 heteroatoms. The lowest BCUT2D eigenvalue weighted by Crippen LogP contribution is -2.30. The Kier molecular flexibility index (Phi) is 5.80. The fourth-order valence-electron chi connectivity index (χ4n) is 3.81. The van der Waals surface area contributed by atoms with Crippen molar-refractivity contribution in [3.8, 4) is 0 Å². The van der Waals surface area contributed by atoms with Crippen molar-refractivity contribution in [2.45, 2.75) is 63.9 Å². The SMILES string of the molecule is CC1=C(SCCC2(O)CCCCCCC2)C(=O)c2ccccc2C1=O. The van der Waals surface area contributed by atoms with Gasteiger partial charge in [0.05, 0.1) is 10.5 Å². The number of carbonyl (C=O) groups is 2. The van der Waals surface area contributed by atoms with Gasteiger partial charge in [-0.25, -0.2) is 0 Å². The van der Waals surface area contributed by atoms with Gasteiger partial charge in [-0.1, -0.05) is 56.4 Å². The average Bonchev–Trinajstić information content (AvgIpc) is 2.60. The molecule has 1 aromatic carbocycles. The second-order valence-electron chi connectivity index (χ2n) is 7.25. The number of benzene rings is 1. The first kappa shape index (κ1) is 18.4. The number of thioether (sulfide) groups is 1. The molecule has 2 aliphatic carbocycles. The lowest BCUT2D eigenvalue weighted by molar-refractivity contribution is 0.0116. The summed E-state index contributed by atoms with van der Waals surface area (Å²) in [4.78, 5) is 25.8. The van der Waals surface area contributed by atoms with Crippen LogP contribution < -0.4 is 0 Å². The Morgan fingerprint density at radius 3 is 2.16 bits per heavy atom. The van der Waals surface area contributed by atoms with E-state index in [1.54, 1.807) is 31.2 Å². The van der Waals surface area contributed by atoms with E-state index in [4.69, 9.17) is 0 Å². The van der Waals surface area contributed by atoms with E-state index >= 15 is 0 Å². The van der Waals surface area contributed by atoms with E-state index in [-0.39, 0.29) is 11.6 Å². The molecule has 1 N–H and O–H groups in total. The van der Waals surface area contributed by atoms with Crippen LogP contribution in [0.15, 0.2) is 34.7 Å². The smallest absolute Gasteiger partial charge is 0.200 e. The van der Waals surface area contributed by atoms with E-state index < -0.39 is 5.60 Å². The second-order valence-corrected chi connectivity index (χ2v) is 8.35. The van der Waals surface area contributed by atoms with Crippen molar-refractivity contribution in [1.29, 1.82) is 0 Å². The van der Waals surface area contributed by atoms with Crippen LogP contribution in [0.2, 0.25) is 0 Å². The lowest BCUT2D eigenvalue weighted by Gasteiger charge is -2.30. The number of hydrogen-bond donors (Lipinski definition) is 1. The minimum atomic E-state index is -0.610. The van der Waals surface area contributed by atoms with Gasteiger partial charge in [0.15, 0.2) is 11.6 Å². The van der Waals surface area contributed by atoms with Gasteiger partial charge in [0, 0.05) is 22.5 Å². The third-order valence-electron chi connectivity index (χ3n) is 5.40. The Morgan fingerprint density at radius 1 is 0.960 bits per heavy atom. The largest absolute Gasteiger partial charge is 0.390 e.